The lowest BCUT2D eigenvalue weighted by molar-refractivity contribution is -0.280. The SMILES string of the molecule is CC[Si](CC)(CC)O[C@@H]1[C@H](CCNCCCNC(=O)OC(C)(C)C)C[C@H](OC(=O)CSc2ccncc2)[C@]2(C)[C@H](C)CC[C@]3(CCC4(OCCO4)[C@H]32)[C@H]1C. The molecule has 2 bridgehead atoms. The Kier molecular flexibility index (Phi) is 14.7. The quantitative estimate of drug-likeness (QED) is 0.0730. The van der Waals surface area contributed by atoms with Gasteiger partial charge in [-0.15, -0.1) is 11.8 Å². The third-order valence-electron chi connectivity index (χ3n) is 14.0. The first kappa shape index (κ1) is 43.4. The fraction of sp³-hybridized carbons (Fsp3) is 0.833. The molecule has 1 aromatic heterocycles. The van der Waals surface area contributed by atoms with E-state index < -0.39 is 19.7 Å². The molecule has 12 heteroatoms. The number of ether oxygens (including phenoxy) is 4. The molecule has 1 amide bonds. The number of esters is 1. The van der Waals surface area contributed by atoms with Crippen LogP contribution in [-0.2, 0) is 28.2 Å². The van der Waals surface area contributed by atoms with Gasteiger partial charge in [-0.1, -0.05) is 41.5 Å². The van der Waals surface area contributed by atoms with Crippen LogP contribution in [0.4, 0.5) is 4.79 Å². The van der Waals surface area contributed by atoms with Gasteiger partial charge in [0.25, 0.3) is 0 Å². The summed E-state index contributed by atoms with van der Waals surface area (Å²) in [5.41, 5.74) is -0.915. The molecule has 54 heavy (non-hydrogen) atoms. The van der Waals surface area contributed by atoms with Gasteiger partial charge in [0.05, 0.1) is 25.1 Å². The maximum Gasteiger partial charge on any atom is 0.407 e. The third kappa shape index (κ3) is 9.36. The zero-order valence-electron chi connectivity index (χ0n) is 34.8. The van der Waals surface area contributed by atoms with Gasteiger partial charge in [-0.2, -0.15) is 0 Å². The zero-order valence-corrected chi connectivity index (χ0v) is 36.6. The summed E-state index contributed by atoms with van der Waals surface area (Å²) in [6.45, 7) is 23.2. The number of pyridine rings is 1. The second kappa shape index (κ2) is 18.3. The molecule has 10 nitrogen and oxygen atoms in total. The van der Waals surface area contributed by atoms with Crippen LogP contribution in [0.5, 0.6) is 0 Å². The molecule has 0 aromatic carbocycles. The summed E-state index contributed by atoms with van der Waals surface area (Å²) in [7, 11) is -2.04. The first-order valence-corrected chi connectivity index (χ1v) is 24.5. The van der Waals surface area contributed by atoms with Gasteiger partial charge >= 0.3 is 12.1 Å². The maximum atomic E-state index is 14.0. The lowest BCUT2D eigenvalue weighted by atomic mass is 9.44. The van der Waals surface area contributed by atoms with Crippen LogP contribution >= 0.6 is 11.8 Å². The van der Waals surface area contributed by atoms with Gasteiger partial charge in [0.15, 0.2) is 14.1 Å². The summed E-state index contributed by atoms with van der Waals surface area (Å²) >= 11 is 1.51. The molecule has 0 unspecified atom stereocenters. The first-order valence-electron chi connectivity index (χ1n) is 21.0. The van der Waals surface area contributed by atoms with E-state index >= 15 is 0 Å². The van der Waals surface area contributed by atoms with E-state index in [0.29, 0.717) is 31.6 Å². The molecule has 2 N–H and O–H groups in total. The van der Waals surface area contributed by atoms with Crippen molar-refractivity contribution in [3.05, 3.63) is 24.5 Å². The molecule has 3 aliphatic carbocycles. The van der Waals surface area contributed by atoms with Crippen LogP contribution < -0.4 is 10.6 Å². The van der Waals surface area contributed by atoms with E-state index in [1.54, 1.807) is 12.4 Å². The number of alkyl carbamates (subject to hydrolysis) is 1. The molecule has 1 spiro atoms. The van der Waals surface area contributed by atoms with E-state index in [9.17, 15) is 9.59 Å². The standard InChI is InChI=1S/C42H71N3O7SSi/c1-10-54(11-2,12-3)52-36-31(5)41-18-14-30(4)40(9,37(41)42(20-19-41)48-26-27-49-42)34(50-35(46)29-53-33-16-24-44-25-17-33)28-32(36)15-23-43-21-13-22-45-38(47)51-39(6,7)8/h16-17,24-25,30-32,34,36-37,43H,10-15,18-23,26-29H2,1-9H3,(H,45,47)/t30-,31+,32-,34+,36+,37+,40+,41+/m1/s1. The minimum atomic E-state index is -2.04. The highest BCUT2D eigenvalue weighted by Crippen LogP contribution is 2.72. The van der Waals surface area contributed by atoms with Crippen LogP contribution in [0, 0.1) is 34.5 Å². The Balaban J connectivity index is 1.45. The fourth-order valence-corrected chi connectivity index (χ4v) is 14.5. The van der Waals surface area contributed by atoms with E-state index in [0.717, 1.165) is 81.1 Å². The van der Waals surface area contributed by atoms with E-state index in [4.69, 9.17) is 23.4 Å². The van der Waals surface area contributed by atoms with E-state index in [2.05, 4.69) is 57.2 Å². The average molecular weight is 790 g/mol. The molecule has 3 saturated carbocycles. The summed E-state index contributed by atoms with van der Waals surface area (Å²) in [6.07, 6.45) is 9.43. The lowest BCUT2D eigenvalue weighted by Gasteiger charge is -2.64. The van der Waals surface area contributed by atoms with Crippen LogP contribution in [-0.4, -0.2) is 87.6 Å². The highest BCUT2D eigenvalue weighted by Gasteiger charge is 2.73. The number of nitrogens with one attached hydrogen (secondary N) is 2. The van der Waals surface area contributed by atoms with Crippen LogP contribution in [0.2, 0.25) is 18.1 Å². The smallest absolute Gasteiger partial charge is 0.407 e. The van der Waals surface area contributed by atoms with Crippen LogP contribution in [0.1, 0.15) is 107 Å². The molecule has 0 radical (unpaired) electrons. The lowest BCUT2D eigenvalue weighted by Crippen LogP contribution is -2.65. The highest BCUT2D eigenvalue weighted by molar-refractivity contribution is 8.00. The second-order valence-corrected chi connectivity index (χ2v) is 23.6. The molecule has 5 rings (SSSR count). The molecular weight excluding hydrogens is 719 g/mol. The van der Waals surface area contributed by atoms with Crippen molar-refractivity contribution in [2.75, 3.05) is 38.6 Å². The van der Waals surface area contributed by atoms with Gasteiger partial charge < -0.3 is 34.0 Å². The Morgan fingerprint density at radius 2 is 1.69 bits per heavy atom. The van der Waals surface area contributed by atoms with Gasteiger partial charge in [-0.3, -0.25) is 9.78 Å². The number of carbonyl (C=O) groups is 2. The minimum absolute atomic E-state index is 0.0385. The fourth-order valence-electron chi connectivity index (χ4n) is 10.8. The van der Waals surface area contributed by atoms with Crippen molar-refractivity contribution >= 4 is 32.1 Å². The van der Waals surface area contributed by atoms with E-state index in [1.165, 1.54) is 11.8 Å². The second-order valence-electron chi connectivity index (χ2n) is 17.9. The van der Waals surface area contributed by atoms with E-state index in [1.807, 2.05) is 32.9 Å². The number of hydrogen-bond donors (Lipinski definition) is 2. The molecule has 4 aliphatic rings. The Bertz CT molecular complexity index is 1360. The van der Waals surface area contributed by atoms with Crippen LogP contribution in [0.15, 0.2) is 29.4 Å². The van der Waals surface area contributed by atoms with Gasteiger partial charge in [0, 0.05) is 41.6 Å². The van der Waals surface area contributed by atoms with Gasteiger partial charge in [-0.05, 0) is 126 Å². The normalized spacial score (nSPS) is 32.1. The van der Waals surface area contributed by atoms with Crippen molar-refractivity contribution in [3.63, 3.8) is 0 Å². The summed E-state index contributed by atoms with van der Waals surface area (Å²) in [5.74, 6) is 0.310. The molecular formula is C42H71N3O7SSi. The highest BCUT2D eigenvalue weighted by atomic mass is 32.2. The number of thioether (sulfide) groups is 1. The van der Waals surface area contributed by atoms with Gasteiger partial charge in [-0.25, -0.2) is 4.79 Å². The van der Waals surface area contributed by atoms with E-state index in [-0.39, 0.29) is 52.7 Å². The Morgan fingerprint density at radius 1 is 1.00 bits per heavy atom. The molecule has 8 atom stereocenters. The van der Waals surface area contributed by atoms with Crippen molar-refractivity contribution < 1.29 is 33.0 Å². The molecule has 1 saturated heterocycles. The summed E-state index contributed by atoms with van der Waals surface area (Å²) in [4.78, 5) is 31.3. The molecule has 1 aliphatic heterocycles. The Morgan fingerprint density at radius 3 is 2.33 bits per heavy atom. The topological polar surface area (TPSA) is 117 Å². The summed E-state index contributed by atoms with van der Waals surface area (Å²) < 4.78 is 33.5. The number of hydrogen-bond acceptors (Lipinski definition) is 10. The Hall–Kier alpha value is -1.70. The monoisotopic (exact) mass is 789 g/mol. The number of rotatable bonds is 16. The Labute approximate surface area is 331 Å². The number of amides is 1. The van der Waals surface area contributed by atoms with Crippen molar-refractivity contribution in [3.8, 4) is 0 Å². The number of carbonyl (C=O) groups excluding carboxylic acids is 2. The summed E-state index contributed by atoms with van der Waals surface area (Å²) in [6, 6.07) is 7.14. The van der Waals surface area contributed by atoms with Crippen molar-refractivity contribution in [1.82, 2.24) is 15.6 Å². The zero-order chi connectivity index (χ0) is 39.2. The van der Waals surface area contributed by atoms with Gasteiger partial charge in [0.1, 0.15) is 11.7 Å². The van der Waals surface area contributed by atoms with Crippen molar-refractivity contribution in [1.29, 1.82) is 0 Å². The predicted octanol–water partition coefficient (Wildman–Crippen LogP) is 8.60. The van der Waals surface area contributed by atoms with Crippen molar-refractivity contribution in [2.45, 2.75) is 154 Å². The largest absolute Gasteiger partial charge is 0.461 e. The first-order chi connectivity index (χ1) is 25.7. The molecule has 4 fully saturated rings. The third-order valence-corrected chi connectivity index (χ3v) is 19.6. The van der Waals surface area contributed by atoms with Gasteiger partial charge in [0.2, 0.25) is 0 Å². The molecule has 1 aromatic rings. The van der Waals surface area contributed by atoms with Crippen LogP contribution in [0.3, 0.4) is 0 Å². The maximum absolute atomic E-state index is 14.0. The van der Waals surface area contributed by atoms with Crippen LogP contribution in [0.25, 0.3) is 0 Å². The molecule has 2 heterocycles. The number of aromatic nitrogens is 1. The summed E-state index contributed by atoms with van der Waals surface area (Å²) in [5, 5.41) is 6.56. The minimum Gasteiger partial charge on any atom is -0.461 e. The predicted molar refractivity (Wildman–Crippen MR) is 217 cm³/mol. The number of nitrogens with zero attached hydrogens (tertiary/aromatic N) is 1. The molecule has 306 valence electrons. The average Bonchev–Trinajstić information content (AvgIpc) is 3.76. The van der Waals surface area contributed by atoms with Crippen molar-refractivity contribution in [2.24, 2.45) is 34.5 Å².